The first-order valence-corrected chi connectivity index (χ1v) is 5.15. The van der Waals surface area contributed by atoms with E-state index in [-0.39, 0.29) is 11.1 Å². The van der Waals surface area contributed by atoms with Gasteiger partial charge in [0.05, 0.1) is 12.7 Å². The van der Waals surface area contributed by atoms with Crippen LogP contribution in [-0.2, 0) is 0 Å². The third-order valence-corrected chi connectivity index (χ3v) is 2.09. The summed E-state index contributed by atoms with van der Waals surface area (Å²) in [6.45, 7) is 0.250. The molecule has 1 aromatic carbocycles. The van der Waals surface area contributed by atoms with Gasteiger partial charge in [0.15, 0.2) is 0 Å². The van der Waals surface area contributed by atoms with Crippen molar-refractivity contribution in [3.8, 4) is 17.6 Å². The van der Waals surface area contributed by atoms with Gasteiger partial charge in [-0.1, -0.05) is 23.2 Å². The summed E-state index contributed by atoms with van der Waals surface area (Å²) in [6.07, 6.45) is 1.51. The van der Waals surface area contributed by atoms with Gasteiger partial charge < -0.3 is 9.47 Å². The Kier molecular flexibility index (Phi) is 4.97. The molecule has 3 nitrogen and oxygen atoms in total. The molecule has 0 aliphatic rings. The van der Waals surface area contributed by atoms with E-state index in [4.69, 9.17) is 37.9 Å². The Balaban J connectivity index is 2.76. The van der Waals surface area contributed by atoms with Gasteiger partial charge in [0.2, 0.25) is 0 Å². The standard InChI is InChI=1S/C11H9Cl2NO2/c1-15-10-3-2-9(6-8(10)7-14)16-5-4-11(12)13/h2-4,6H,5H2,1H3. The molecule has 0 saturated carbocycles. The fourth-order valence-electron chi connectivity index (χ4n) is 1.07. The number of halogens is 2. The summed E-state index contributed by atoms with van der Waals surface area (Å²) in [5.74, 6) is 1.07. The number of nitriles is 1. The smallest absolute Gasteiger partial charge is 0.136 e. The predicted octanol–water partition coefficient (Wildman–Crippen LogP) is 3.26. The highest BCUT2D eigenvalue weighted by molar-refractivity contribution is 6.55. The molecule has 0 fully saturated rings. The van der Waals surface area contributed by atoms with E-state index < -0.39 is 0 Å². The number of ether oxygens (including phenoxy) is 2. The second-order valence-electron chi connectivity index (χ2n) is 2.78. The van der Waals surface area contributed by atoms with Gasteiger partial charge in [0, 0.05) is 6.07 Å². The third-order valence-electron chi connectivity index (χ3n) is 1.78. The Bertz CT molecular complexity index is 434. The third kappa shape index (κ3) is 3.65. The van der Waals surface area contributed by atoms with E-state index in [0.29, 0.717) is 17.1 Å². The van der Waals surface area contributed by atoms with Gasteiger partial charge in [-0.05, 0) is 18.2 Å². The first-order valence-electron chi connectivity index (χ1n) is 4.39. The zero-order valence-corrected chi connectivity index (χ0v) is 10.0. The number of benzene rings is 1. The second kappa shape index (κ2) is 6.26. The summed E-state index contributed by atoms with van der Waals surface area (Å²) < 4.78 is 10.5. The summed E-state index contributed by atoms with van der Waals surface area (Å²) in [5, 5.41) is 8.85. The average Bonchev–Trinajstić information content (AvgIpc) is 2.28. The van der Waals surface area contributed by atoms with E-state index in [2.05, 4.69) is 0 Å². The summed E-state index contributed by atoms with van der Waals surface area (Å²) in [4.78, 5) is 0. The van der Waals surface area contributed by atoms with Gasteiger partial charge in [-0.2, -0.15) is 5.26 Å². The highest BCUT2D eigenvalue weighted by atomic mass is 35.5. The van der Waals surface area contributed by atoms with Crippen molar-refractivity contribution in [1.29, 1.82) is 5.26 Å². The van der Waals surface area contributed by atoms with E-state index in [1.165, 1.54) is 13.2 Å². The van der Waals surface area contributed by atoms with Crippen LogP contribution in [0.2, 0.25) is 0 Å². The lowest BCUT2D eigenvalue weighted by Crippen LogP contribution is -1.95. The number of rotatable bonds is 4. The highest BCUT2D eigenvalue weighted by Gasteiger charge is 2.03. The fourth-order valence-corrected chi connectivity index (χ4v) is 1.19. The van der Waals surface area contributed by atoms with Crippen molar-refractivity contribution in [3.63, 3.8) is 0 Å². The van der Waals surface area contributed by atoms with Crippen LogP contribution in [0.3, 0.4) is 0 Å². The Morgan fingerprint density at radius 2 is 2.25 bits per heavy atom. The molecular formula is C11H9Cl2NO2. The molecule has 0 aromatic heterocycles. The maximum absolute atomic E-state index is 8.85. The molecule has 1 aromatic rings. The second-order valence-corrected chi connectivity index (χ2v) is 3.79. The molecule has 0 amide bonds. The summed E-state index contributed by atoms with van der Waals surface area (Å²) >= 11 is 10.8. The summed E-state index contributed by atoms with van der Waals surface area (Å²) in [7, 11) is 1.51. The van der Waals surface area contributed by atoms with Crippen LogP contribution in [0.4, 0.5) is 0 Å². The molecular weight excluding hydrogens is 249 g/mol. The number of methoxy groups -OCH3 is 1. The topological polar surface area (TPSA) is 42.2 Å². The molecule has 0 aliphatic heterocycles. The summed E-state index contributed by atoms with van der Waals surface area (Å²) in [6, 6.07) is 6.98. The molecule has 16 heavy (non-hydrogen) atoms. The van der Waals surface area contributed by atoms with Gasteiger partial charge in [0.1, 0.15) is 28.7 Å². The van der Waals surface area contributed by atoms with Gasteiger partial charge in [-0.15, -0.1) is 0 Å². The lowest BCUT2D eigenvalue weighted by atomic mass is 10.2. The van der Waals surface area contributed by atoms with Crippen molar-refractivity contribution in [3.05, 3.63) is 34.3 Å². The molecule has 5 heteroatoms. The van der Waals surface area contributed by atoms with Crippen molar-refractivity contribution >= 4 is 23.2 Å². The monoisotopic (exact) mass is 257 g/mol. The molecule has 84 valence electrons. The molecule has 1 rings (SSSR count). The maximum Gasteiger partial charge on any atom is 0.136 e. The number of hydrogen-bond acceptors (Lipinski definition) is 3. The first kappa shape index (κ1) is 12.7. The lowest BCUT2D eigenvalue weighted by molar-refractivity contribution is 0.360. The molecule has 0 saturated heterocycles. The minimum absolute atomic E-state index is 0.147. The van der Waals surface area contributed by atoms with Crippen molar-refractivity contribution in [2.45, 2.75) is 0 Å². The molecule has 0 aliphatic carbocycles. The minimum atomic E-state index is 0.147. The molecule has 0 heterocycles. The summed E-state index contributed by atoms with van der Waals surface area (Å²) in [5.41, 5.74) is 0.418. The molecule has 0 radical (unpaired) electrons. The van der Waals surface area contributed by atoms with E-state index in [1.807, 2.05) is 6.07 Å². The van der Waals surface area contributed by atoms with Gasteiger partial charge in [-0.25, -0.2) is 0 Å². The largest absolute Gasteiger partial charge is 0.495 e. The molecule has 0 unspecified atom stereocenters. The predicted molar refractivity (Wildman–Crippen MR) is 63.0 cm³/mol. The van der Waals surface area contributed by atoms with E-state index in [1.54, 1.807) is 18.2 Å². The molecule has 0 bridgehead atoms. The normalized spacial score (nSPS) is 9.12. The van der Waals surface area contributed by atoms with Crippen LogP contribution in [0, 0.1) is 11.3 Å². The number of hydrogen-bond donors (Lipinski definition) is 0. The van der Waals surface area contributed by atoms with Crippen LogP contribution in [0.25, 0.3) is 0 Å². The van der Waals surface area contributed by atoms with Crippen molar-refractivity contribution in [2.75, 3.05) is 13.7 Å². The van der Waals surface area contributed by atoms with Crippen LogP contribution in [0.15, 0.2) is 28.8 Å². The average molecular weight is 258 g/mol. The van der Waals surface area contributed by atoms with Gasteiger partial charge in [-0.3, -0.25) is 0 Å². The Morgan fingerprint density at radius 3 is 2.81 bits per heavy atom. The van der Waals surface area contributed by atoms with Crippen molar-refractivity contribution in [1.82, 2.24) is 0 Å². The molecule has 0 N–H and O–H groups in total. The number of nitrogens with zero attached hydrogens (tertiary/aromatic N) is 1. The van der Waals surface area contributed by atoms with Crippen LogP contribution in [-0.4, -0.2) is 13.7 Å². The minimum Gasteiger partial charge on any atom is -0.495 e. The van der Waals surface area contributed by atoms with Crippen molar-refractivity contribution in [2.24, 2.45) is 0 Å². The molecule has 0 atom stereocenters. The van der Waals surface area contributed by atoms with E-state index >= 15 is 0 Å². The quantitative estimate of drug-likeness (QED) is 0.832. The van der Waals surface area contributed by atoms with E-state index in [9.17, 15) is 0 Å². The zero-order valence-electron chi connectivity index (χ0n) is 8.54. The molecule has 0 spiro atoms. The van der Waals surface area contributed by atoms with Crippen LogP contribution in [0.1, 0.15) is 5.56 Å². The van der Waals surface area contributed by atoms with Crippen molar-refractivity contribution < 1.29 is 9.47 Å². The Hall–Kier alpha value is -1.37. The Morgan fingerprint density at radius 1 is 1.50 bits per heavy atom. The van der Waals surface area contributed by atoms with Crippen LogP contribution in [0.5, 0.6) is 11.5 Å². The highest BCUT2D eigenvalue weighted by Crippen LogP contribution is 2.23. The van der Waals surface area contributed by atoms with E-state index in [0.717, 1.165) is 0 Å². The van der Waals surface area contributed by atoms with Crippen LogP contribution >= 0.6 is 23.2 Å². The first-order chi connectivity index (χ1) is 7.67. The lowest BCUT2D eigenvalue weighted by Gasteiger charge is -2.06. The van der Waals surface area contributed by atoms with Gasteiger partial charge in [0.25, 0.3) is 0 Å². The van der Waals surface area contributed by atoms with Crippen LogP contribution < -0.4 is 9.47 Å². The van der Waals surface area contributed by atoms with Gasteiger partial charge >= 0.3 is 0 Å². The zero-order chi connectivity index (χ0) is 12.0. The fraction of sp³-hybridized carbons (Fsp3) is 0.182. The maximum atomic E-state index is 8.85. The SMILES string of the molecule is COc1ccc(OCC=C(Cl)Cl)cc1C#N. The Labute approximate surface area is 104 Å².